The monoisotopic (exact) mass is 370 g/mol. The van der Waals surface area contributed by atoms with E-state index in [1.54, 1.807) is 0 Å². The first-order valence-electron chi connectivity index (χ1n) is 7.36. The van der Waals surface area contributed by atoms with Gasteiger partial charge in [0.25, 0.3) is 0 Å². The third-order valence-corrected chi connectivity index (χ3v) is 3.67. The first kappa shape index (κ1) is 17.6. The lowest BCUT2D eigenvalue weighted by molar-refractivity contribution is -0.195. The van der Waals surface area contributed by atoms with Gasteiger partial charge in [0.2, 0.25) is 0 Å². The van der Waals surface area contributed by atoms with E-state index in [-0.39, 0.29) is 5.82 Å². The molecule has 2 aliphatic heterocycles. The number of nitrogens with one attached hydrogen (secondary N) is 2. The van der Waals surface area contributed by atoms with Crippen molar-refractivity contribution in [2.24, 2.45) is 0 Å². The Kier molecular flexibility index (Phi) is 4.73. The zero-order valence-electron chi connectivity index (χ0n) is 13.3. The second-order valence-electron chi connectivity index (χ2n) is 5.23. The molecule has 3 rings (SSSR count). The Balaban J connectivity index is 1.82. The van der Waals surface area contributed by atoms with Gasteiger partial charge in [0, 0.05) is 19.3 Å². The maximum absolute atomic E-state index is 12.2. The molecule has 0 radical (unpaired) electrons. The lowest BCUT2D eigenvalue weighted by Crippen LogP contribution is -2.48. The third kappa shape index (κ3) is 3.16. The number of anilines is 1. The number of nitrogens with zero attached hydrogens (tertiary/aromatic N) is 2. The summed E-state index contributed by atoms with van der Waals surface area (Å²) in [5, 5.41) is 11.5. The van der Waals surface area contributed by atoms with Crippen LogP contribution in [0.5, 0.6) is 0 Å². The molecule has 13 heteroatoms. The Labute approximate surface area is 144 Å². The lowest BCUT2D eigenvalue weighted by Gasteiger charge is -2.27. The number of rotatable bonds is 4. The summed E-state index contributed by atoms with van der Waals surface area (Å²) >= 11 is 0. The minimum atomic E-state index is -1.23. The topological polar surface area (TPSA) is 167 Å². The van der Waals surface area contributed by atoms with Gasteiger partial charge in [-0.05, 0) is 0 Å². The number of carbonyl (C=O) groups is 3. The van der Waals surface area contributed by atoms with Crippen molar-refractivity contribution in [1.29, 1.82) is 0 Å². The minimum absolute atomic E-state index is 0.0600. The maximum Gasteiger partial charge on any atom is 0.431 e. The molecule has 4 atom stereocenters. The van der Waals surface area contributed by atoms with Gasteiger partial charge in [-0.2, -0.15) is 10.5 Å². The molecule has 0 aliphatic carbocycles. The van der Waals surface area contributed by atoms with Crippen LogP contribution in [0.4, 0.5) is 10.6 Å². The summed E-state index contributed by atoms with van der Waals surface area (Å²) in [6.45, 7) is -0.524. The van der Waals surface area contributed by atoms with Crippen LogP contribution in [0, 0.1) is 0 Å². The summed E-state index contributed by atoms with van der Waals surface area (Å²) in [6.07, 6.45) is -3.88. The number of hydrogen-bond acceptors (Lipinski definition) is 11. The third-order valence-electron chi connectivity index (χ3n) is 3.67. The number of aromatic nitrogens is 2. The first-order chi connectivity index (χ1) is 12.4. The second kappa shape index (κ2) is 6.97. The quantitative estimate of drug-likeness (QED) is 0.225. The highest BCUT2D eigenvalue weighted by molar-refractivity contribution is 6.30. The van der Waals surface area contributed by atoms with Crippen molar-refractivity contribution in [3.05, 3.63) is 22.7 Å². The van der Waals surface area contributed by atoms with E-state index in [0.29, 0.717) is 0 Å². The Morgan fingerprint density at radius 3 is 2.62 bits per heavy atom. The van der Waals surface area contributed by atoms with Crippen molar-refractivity contribution in [2.75, 3.05) is 19.1 Å². The highest BCUT2D eigenvalue weighted by Gasteiger charge is 2.54. The average molecular weight is 370 g/mol. The van der Waals surface area contributed by atoms with Crippen LogP contribution >= 0.6 is 0 Å². The van der Waals surface area contributed by atoms with Gasteiger partial charge < -0.3 is 29.5 Å². The fraction of sp³-hybridized carbons (Fsp3) is 0.462. The van der Waals surface area contributed by atoms with Crippen LogP contribution in [0.25, 0.3) is 0 Å². The predicted molar refractivity (Wildman–Crippen MR) is 78.4 cm³/mol. The van der Waals surface area contributed by atoms with Crippen molar-refractivity contribution in [2.45, 2.75) is 24.5 Å². The highest BCUT2D eigenvalue weighted by Crippen LogP contribution is 2.35. The zero-order chi connectivity index (χ0) is 18.8. The van der Waals surface area contributed by atoms with E-state index < -0.39 is 54.9 Å². The largest absolute Gasteiger partial charge is 0.447 e. The molecule has 1 aromatic rings. The molecule has 26 heavy (non-hydrogen) atoms. The number of carbonyl (C=O) groups excluding carboxylic acids is 3. The molecule has 2 saturated heterocycles. The van der Waals surface area contributed by atoms with E-state index in [2.05, 4.69) is 20.6 Å². The zero-order valence-corrected chi connectivity index (χ0v) is 13.3. The summed E-state index contributed by atoms with van der Waals surface area (Å²) in [6, 6.07) is 1.30. The summed E-state index contributed by atoms with van der Waals surface area (Å²) in [4.78, 5) is 54.2. The van der Waals surface area contributed by atoms with Gasteiger partial charge in [0.1, 0.15) is 6.10 Å². The van der Waals surface area contributed by atoms with Gasteiger partial charge >= 0.3 is 23.7 Å². The Bertz CT molecular complexity index is 794. The number of esters is 2. The molecule has 0 spiro atoms. The predicted octanol–water partition coefficient (Wildman–Crippen LogP) is -2.35. The Hall–Kier alpha value is -3.19. The van der Waals surface area contributed by atoms with Crippen LogP contribution < -0.4 is 16.5 Å². The molecule has 2 aliphatic rings. The molecule has 3 N–H and O–H groups in total. The van der Waals surface area contributed by atoms with Gasteiger partial charge in [-0.15, -0.1) is 0 Å². The van der Waals surface area contributed by atoms with Crippen LogP contribution in [0.3, 0.4) is 0 Å². The smallest absolute Gasteiger partial charge is 0.431 e. The summed E-state index contributed by atoms with van der Waals surface area (Å²) < 4.78 is 16.3. The van der Waals surface area contributed by atoms with Crippen molar-refractivity contribution < 1.29 is 38.5 Å². The Morgan fingerprint density at radius 2 is 2.00 bits per heavy atom. The number of fused-ring (bicyclic) bond motifs is 1. The fourth-order valence-corrected chi connectivity index (χ4v) is 2.50. The molecule has 1 aromatic heterocycles. The van der Waals surface area contributed by atoms with Crippen molar-refractivity contribution in [1.82, 2.24) is 14.9 Å². The van der Waals surface area contributed by atoms with E-state index in [9.17, 15) is 24.3 Å². The first-order valence-corrected chi connectivity index (χ1v) is 7.36. The van der Waals surface area contributed by atoms with Gasteiger partial charge in [-0.25, -0.2) is 19.2 Å². The number of aliphatic hydroxyl groups excluding tert-OH is 1. The molecule has 0 aromatic carbocycles. The highest BCUT2D eigenvalue weighted by atomic mass is 16.7. The number of hydrogen-bond donors (Lipinski definition) is 3. The average Bonchev–Trinajstić information content (AvgIpc) is 2.97. The second-order valence-corrected chi connectivity index (χ2v) is 5.23. The van der Waals surface area contributed by atoms with Crippen molar-refractivity contribution >= 4 is 23.8 Å². The van der Waals surface area contributed by atoms with Crippen molar-refractivity contribution in [3.63, 3.8) is 0 Å². The van der Waals surface area contributed by atoms with E-state index in [0.717, 1.165) is 4.57 Å². The summed E-state index contributed by atoms with van der Waals surface area (Å²) in [5.41, 5.74) is 1.34. The molecule has 0 unspecified atom stereocenters. The standard InChI is InChI=1S/C13H14N4O9/c1-14-13(22)26-16-6-2-3-17(12(21)15-6)9-8-7(5(4-18)23-9)24-10(19)11(20)25-8/h2-3,5,7-9,18H,4H2,1H3,(H,14,22)(H,15,16,21)/t5-,7-,8-,9-/m1/s1. The van der Waals surface area contributed by atoms with Crippen LogP contribution in [-0.2, 0) is 28.6 Å². The molecule has 0 saturated carbocycles. The molecule has 3 heterocycles. The van der Waals surface area contributed by atoms with E-state index >= 15 is 0 Å². The molecule has 13 nitrogen and oxygen atoms in total. The van der Waals surface area contributed by atoms with Gasteiger partial charge in [-0.3, -0.25) is 4.57 Å². The van der Waals surface area contributed by atoms with Crippen molar-refractivity contribution in [3.8, 4) is 0 Å². The van der Waals surface area contributed by atoms with E-state index in [1.165, 1.54) is 19.3 Å². The lowest BCUT2D eigenvalue weighted by atomic mass is 10.1. The van der Waals surface area contributed by atoms with E-state index in [4.69, 9.17) is 14.2 Å². The van der Waals surface area contributed by atoms with Crippen LogP contribution in [0.15, 0.2) is 17.1 Å². The number of aliphatic hydroxyl groups is 1. The van der Waals surface area contributed by atoms with Gasteiger partial charge in [0.05, 0.1) is 6.61 Å². The molecular formula is C13H14N4O9. The van der Waals surface area contributed by atoms with Crippen LogP contribution in [-0.4, -0.2) is 64.7 Å². The fourth-order valence-electron chi connectivity index (χ4n) is 2.50. The normalized spacial score (nSPS) is 27.2. The van der Waals surface area contributed by atoms with Gasteiger partial charge in [-0.1, -0.05) is 0 Å². The van der Waals surface area contributed by atoms with Gasteiger partial charge in [0.15, 0.2) is 24.3 Å². The molecule has 2 fully saturated rings. The van der Waals surface area contributed by atoms with Crippen LogP contribution in [0.1, 0.15) is 6.23 Å². The number of amides is 1. The van der Waals surface area contributed by atoms with Crippen LogP contribution in [0.2, 0.25) is 0 Å². The SMILES string of the molecule is CNC(=O)ONc1ccn([C@@H]2O[C@H](CO)[C@H]3OC(=O)C(=O)O[C@H]32)c(=O)n1. The van der Waals surface area contributed by atoms with E-state index in [1.807, 2.05) is 0 Å². The molecule has 0 bridgehead atoms. The minimum Gasteiger partial charge on any atom is -0.447 e. The molecule has 1 amide bonds. The molecule has 140 valence electrons. The maximum atomic E-state index is 12.2. The summed E-state index contributed by atoms with van der Waals surface area (Å²) in [7, 11) is 1.35. The Morgan fingerprint density at radius 1 is 1.31 bits per heavy atom. The summed E-state index contributed by atoms with van der Waals surface area (Å²) in [5.74, 6) is -2.49. The molecular weight excluding hydrogens is 356 g/mol. The number of ether oxygens (including phenoxy) is 3.